The third-order valence-corrected chi connectivity index (χ3v) is 3.25. The van der Waals surface area contributed by atoms with Gasteiger partial charge in [0.1, 0.15) is 11.4 Å². The van der Waals surface area contributed by atoms with Crippen molar-refractivity contribution < 1.29 is 4.79 Å². The summed E-state index contributed by atoms with van der Waals surface area (Å²) in [6.45, 7) is 1.48. The van der Waals surface area contributed by atoms with E-state index in [0.29, 0.717) is 22.4 Å². The summed E-state index contributed by atoms with van der Waals surface area (Å²) < 4.78 is 2.41. The van der Waals surface area contributed by atoms with Gasteiger partial charge < -0.3 is 4.90 Å². The number of halogens is 1. The molecule has 2 rings (SSSR count). The van der Waals surface area contributed by atoms with Crippen molar-refractivity contribution in [2.24, 2.45) is 0 Å². The maximum Gasteiger partial charge on any atom is 0.230 e. The molecular weight excluding hydrogens is 308 g/mol. The van der Waals surface area contributed by atoms with Crippen LogP contribution in [0.25, 0.3) is 0 Å². The van der Waals surface area contributed by atoms with Gasteiger partial charge in [-0.2, -0.15) is 5.10 Å². The number of carbonyl (C=O) groups excluding carboxylic acids is 1. The second-order valence-electron chi connectivity index (χ2n) is 4.41. The summed E-state index contributed by atoms with van der Waals surface area (Å²) in [6, 6.07) is 5.29. The van der Waals surface area contributed by atoms with Gasteiger partial charge in [0.25, 0.3) is 0 Å². The molecule has 2 aromatic heterocycles. The molecule has 0 aliphatic heterocycles. The first-order valence-electron chi connectivity index (χ1n) is 5.91. The highest BCUT2D eigenvalue weighted by molar-refractivity contribution is 9.10. The molecule has 100 valence electrons. The third-order valence-electron chi connectivity index (χ3n) is 2.67. The highest BCUT2D eigenvalue weighted by Crippen LogP contribution is 2.19. The van der Waals surface area contributed by atoms with Crippen molar-refractivity contribution in [1.29, 1.82) is 0 Å². The molecule has 0 saturated heterocycles. The topological polar surface area (TPSA) is 51.0 Å². The fourth-order valence-corrected chi connectivity index (χ4v) is 2.15. The lowest BCUT2D eigenvalue weighted by molar-refractivity contribution is 0.102. The van der Waals surface area contributed by atoms with E-state index >= 15 is 0 Å². The third kappa shape index (κ3) is 3.27. The van der Waals surface area contributed by atoms with Gasteiger partial charge in [0, 0.05) is 12.7 Å². The molecule has 0 amide bonds. The zero-order valence-electron chi connectivity index (χ0n) is 10.9. The standard InChI is InChI=1S/C13H15BrN4O/c1-17(2)7-8-18-12(10(14)9-16-18)13(19)11-5-3-4-6-15-11/h3-6,9H,7-8H2,1-2H3. The van der Waals surface area contributed by atoms with E-state index in [1.165, 1.54) is 0 Å². The zero-order chi connectivity index (χ0) is 13.8. The molecule has 0 aliphatic rings. The van der Waals surface area contributed by atoms with Gasteiger partial charge in [-0.25, -0.2) is 0 Å². The van der Waals surface area contributed by atoms with E-state index in [0.717, 1.165) is 6.54 Å². The minimum atomic E-state index is -0.122. The Balaban J connectivity index is 2.29. The molecule has 0 bridgehead atoms. The highest BCUT2D eigenvalue weighted by atomic mass is 79.9. The van der Waals surface area contributed by atoms with Gasteiger partial charge in [-0.3, -0.25) is 14.5 Å². The van der Waals surface area contributed by atoms with Crippen LogP contribution in [-0.2, 0) is 6.54 Å². The van der Waals surface area contributed by atoms with Crippen molar-refractivity contribution in [1.82, 2.24) is 19.7 Å². The maximum atomic E-state index is 12.4. The Bertz CT molecular complexity index is 565. The first-order chi connectivity index (χ1) is 9.09. The molecule has 5 nitrogen and oxygen atoms in total. The Labute approximate surface area is 120 Å². The largest absolute Gasteiger partial charge is 0.308 e. The van der Waals surface area contributed by atoms with Crippen LogP contribution in [0.5, 0.6) is 0 Å². The number of nitrogens with zero attached hydrogens (tertiary/aromatic N) is 4. The van der Waals surface area contributed by atoms with E-state index in [2.05, 4.69) is 26.0 Å². The fourth-order valence-electron chi connectivity index (χ4n) is 1.67. The molecule has 2 heterocycles. The Morgan fingerprint density at radius 2 is 2.21 bits per heavy atom. The molecule has 0 N–H and O–H groups in total. The van der Waals surface area contributed by atoms with E-state index < -0.39 is 0 Å². The van der Waals surface area contributed by atoms with Crippen molar-refractivity contribution in [3.8, 4) is 0 Å². The number of pyridine rings is 1. The number of likely N-dealkylation sites (N-methyl/N-ethyl adjacent to an activating group) is 1. The summed E-state index contributed by atoms with van der Waals surface area (Å²) in [7, 11) is 3.97. The average molecular weight is 323 g/mol. The first-order valence-corrected chi connectivity index (χ1v) is 6.70. The van der Waals surface area contributed by atoms with E-state index in [1.807, 2.05) is 19.0 Å². The Morgan fingerprint density at radius 3 is 2.84 bits per heavy atom. The summed E-state index contributed by atoms with van der Waals surface area (Å²) in [4.78, 5) is 18.6. The maximum absolute atomic E-state index is 12.4. The molecule has 0 atom stereocenters. The lowest BCUT2D eigenvalue weighted by Crippen LogP contribution is -2.22. The summed E-state index contributed by atoms with van der Waals surface area (Å²) in [5, 5.41) is 4.23. The predicted octanol–water partition coefficient (Wildman–Crippen LogP) is 1.83. The highest BCUT2D eigenvalue weighted by Gasteiger charge is 2.19. The summed E-state index contributed by atoms with van der Waals surface area (Å²) in [5.74, 6) is -0.122. The predicted molar refractivity (Wildman–Crippen MR) is 76.2 cm³/mol. The fraction of sp³-hybridized carbons (Fsp3) is 0.308. The number of ketones is 1. The lowest BCUT2D eigenvalue weighted by atomic mass is 10.2. The molecule has 19 heavy (non-hydrogen) atoms. The summed E-state index contributed by atoms with van der Waals surface area (Å²) in [6.07, 6.45) is 3.26. The Morgan fingerprint density at radius 1 is 1.42 bits per heavy atom. The van der Waals surface area contributed by atoms with Gasteiger partial charge in [0.05, 0.1) is 17.2 Å². The first kappa shape index (κ1) is 13.9. The van der Waals surface area contributed by atoms with Crippen LogP contribution in [-0.4, -0.2) is 46.1 Å². The monoisotopic (exact) mass is 322 g/mol. The van der Waals surface area contributed by atoms with Crippen LogP contribution >= 0.6 is 15.9 Å². The van der Waals surface area contributed by atoms with Crippen molar-refractivity contribution in [3.63, 3.8) is 0 Å². The van der Waals surface area contributed by atoms with E-state index in [1.54, 1.807) is 35.3 Å². The van der Waals surface area contributed by atoms with E-state index in [4.69, 9.17) is 0 Å². The van der Waals surface area contributed by atoms with Gasteiger partial charge in [0.15, 0.2) is 0 Å². The molecule has 0 aromatic carbocycles. The van der Waals surface area contributed by atoms with Crippen molar-refractivity contribution in [2.45, 2.75) is 6.54 Å². The number of rotatable bonds is 5. The number of hydrogen-bond acceptors (Lipinski definition) is 4. The van der Waals surface area contributed by atoms with Crippen LogP contribution < -0.4 is 0 Å². The van der Waals surface area contributed by atoms with Crippen LogP contribution in [0.4, 0.5) is 0 Å². The number of carbonyl (C=O) groups is 1. The lowest BCUT2D eigenvalue weighted by Gasteiger charge is -2.11. The van der Waals surface area contributed by atoms with Crippen LogP contribution in [0.2, 0.25) is 0 Å². The summed E-state index contributed by atoms with van der Waals surface area (Å²) >= 11 is 3.38. The number of aromatic nitrogens is 3. The van der Waals surface area contributed by atoms with Gasteiger partial charge in [-0.1, -0.05) is 6.07 Å². The van der Waals surface area contributed by atoms with Crippen LogP contribution in [0.3, 0.4) is 0 Å². The van der Waals surface area contributed by atoms with Crippen LogP contribution in [0.15, 0.2) is 35.1 Å². The quantitative estimate of drug-likeness (QED) is 0.788. The molecule has 6 heteroatoms. The zero-order valence-corrected chi connectivity index (χ0v) is 12.5. The molecule has 0 unspecified atom stereocenters. The molecule has 0 radical (unpaired) electrons. The van der Waals surface area contributed by atoms with E-state index in [9.17, 15) is 4.79 Å². The van der Waals surface area contributed by atoms with Gasteiger partial charge in [0.2, 0.25) is 5.78 Å². The minimum absolute atomic E-state index is 0.122. The normalized spacial score (nSPS) is 10.9. The Hall–Kier alpha value is -1.53. The summed E-state index contributed by atoms with van der Waals surface area (Å²) in [5.41, 5.74) is 0.968. The molecule has 0 spiro atoms. The Kier molecular flexibility index (Phi) is 4.44. The minimum Gasteiger partial charge on any atom is -0.308 e. The van der Waals surface area contributed by atoms with Crippen molar-refractivity contribution >= 4 is 21.7 Å². The van der Waals surface area contributed by atoms with Crippen LogP contribution in [0.1, 0.15) is 16.2 Å². The van der Waals surface area contributed by atoms with Crippen molar-refractivity contribution in [2.75, 3.05) is 20.6 Å². The van der Waals surface area contributed by atoms with E-state index in [-0.39, 0.29) is 5.78 Å². The molecule has 0 saturated carbocycles. The van der Waals surface area contributed by atoms with Crippen LogP contribution in [0, 0.1) is 0 Å². The second-order valence-corrected chi connectivity index (χ2v) is 5.27. The SMILES string of the molecule is CN(C)CCn1ncc(Br)c1C(=O)c1ccccn1. The average Bonchev–Trinajstić information content (AvgIpc) is 2.78. The van der Waals surface area contributed by atoms with Gasteiger partial charge in [-0.05, 0) is 42.2 Å². The van der Waals surface area contributed by atoms with Gasteiger partial charge in [-0.15, -0.1) is 0 Å². The molecule has 2 aromatic rings. The molecule has 0 fully saturated rings. The second kappa shape index (κ2) is 6.08. The van der Waals surface area contributed by atoms with Gasteiger partial charge >= 0.3 is 0 Å². The smallest absolute Gasteiger partial charge is 0.230 e. The number of hydrogen-bond donors (Lipinski definition) is 0. The molecule has 0 aliphatic carbocycles. The van der Waals surface area contributed by atoms with Crippen molar-refractivity contribution in [3.05, 3.63) is 46.5 Å². The molecular formula is C13H15BrN4O.